The molecule has 1 N–H and O–H groups in total. The number of hydrogen-bond acceptors (Lipinski definition) is 5. The average molecular weight is 454 g/mol. The fraction of sp³-hybridized carbons (Fsp3) is 0.500. The zero-order valence-electron chi connectivity index (χ0n) is 19.2. The number of aromatic nitrogens is 4. The lowest BCUT2D eigenvalue weighted by Crippen LogP contribution is -2.52. The molecular weight excluding hydrogens is 422 g/mol. The lowest BCUT2D eigenvalue weighted by Gasteiger charge is -2.42. The Morgan fingerprint density at radius 3 is 2.47 bits per heavy atom. The Morgan fingerprint density at radius 2 is 1.88 bits per heavy atom. The number of amides is 1. The molecule has 0 radical (unpaired) electrons. The number of thioether (sulfide) groups is 1. The van der Waals surface area contributed by atoms with Crippen LogP contribution in [0.25, 0.3) is 22.3 Å². The number of nitrogens with zero attached hydrogens (tertiary/aromatic N) is 5. The molecule has 7 nitrogen and oxygen atoms in total. The summed E-state index contributed by atoms with van der Waals surface area (Å²) in [6.45, 7) is 6.69. The standard InChI is InChI=1S/C24H31N5O2S/c1-24(2,3)29(23(30)31)18-12-10-16(11-13-18)15-28-21-19(14-25-22(26-21)32-4)20(27-28)17-8-6-5-7-9-17/h5-9,14,16,18H,10-13,15H2,1-4H3,(H,30,31). The first kappa shape index (κ1) is 22.6. The van der Waals surface area contributed by atoms with Crippen molar-refractivity contribution in [2.45, 2.75) is 69.7 Å². The molecule has 170 valence electrons. The summed E-state index contributed by atoms with van der Waals surface area (Å²) in [5, 5.41) is 16.4. The molecule has 1 aromatic carbocycles. The maximum absolute atomic E-state index is 11.9. The molecule has 1 aliphatic rings. The molecule has 1 fully saturated rings. The molecule has 1 saturated carbocycles. The topological polar surface area (TPSA) is 84.1 Å². The zero-order chi connectivity index (χ0) is 22.9. The maximum Gasteiger partial charge on any atom is 0.407 e. The Labute approximate surface area is 193 Å². The van der Waals surface area contributed by atoms with Crippen molar-refractivity contribution >= 4 is 28.9 Å². The van der Waals surface area contributed by atoms with Gasteiger partial charge in [0.15, 0.2) is 10.8 Å². The lowest BCUT2D eigenvalue weighted by molar-refractivity contribution is 0.0489. The Balaban J connectivity index is 1.57. The van der Waals surface area contributed by atoms with Crippen molar-refractivity contribution in [3.63, 3.8) is 0 Å². The van der Waals surface area contributed by atoms with Crippen molar-refractivity contribution in [1.82, 2.24) is 24.6 Å². The number of fused-ring (bicyclic) bond motifs is 1. The highest BCUT2D eigenvalue weighted by atomic mass is 32.2. The number of hydrogen-bond donors (Lipinski definition) is 1. The molecule has 32 heavy (non-hydrogen) atoms. The van der Waals surface area contributed by atoms with E-state index in [1.165, 1.54) is 11.8 Å². The molecule has 0 aliphatic heterocycles. The molecule has 2 aromatic heterocycles. The average Bonchev–Trinajstić information content (AvgIpc) is 3.12. The third-order valence-electron chi connectivity index (χ3n) is 6.24. The third-order valence-corrected chi connectivity index (χ3v) is 6.80. The largest absolute Gasteiger partial charge is 0.465 e. The van der Waals surface area contributed by atoms with Crippen LogP contribution in [0, 0.1) is 5.92 Å². The van der Waals surface area contributed by atoms with E-state index in [0.717, 1.165) is 59.7 Å². The number of carbonyl (C=O) groups is 1. The van der Waals surface area contributed by atoms with E-state index in [1.54, 1.807) is 4.90 Å². The van der Waals surface area contributed by atoms with Crippen LogP contribution in [0.5, 0.6) is 0 Å². The second-order valence-electron chi connectivity index (χ2n) is 9.49. The van der Waals surface area contributed by atoms with Crippen LogP contribution >= 0.6 is 11.8 Å². The van der Waals surface area contributed by atoms with E-state index >= 15 is 0 Å². The molecule has 0 unspecified atom stereocenters. The van der Waals surface area contributed by atoms with E-state index in [4.69, 9.17) is 10.1 Å². The molecule has 0 saturated heterocycles. The monoisotopic (exact) mass is 453 g/mol. The maximum atomic E-state index is 11.9. The van der Waals surface area contributed by atoms with Crippen molar-refractivity contribution in [3.8, 4) is 11.3 Å². The van der Waals surface area contributed by atoms with Gasteiger partial charge in [-0.2, -0.15) is 5.10 Å². The summed E-state index contributed by atoms with van der Waals surface area (Å²) in [6.07, 6.45) is 6.75. The van der Waals surface area contributed by atoms with Gasteiger partial charge in [0.1, 0.15) is 5.69 Å². The van der Waals surface area contributed by atoms with Gasteiger partial charge < -0.3 is 10.0 Å². The predicted octanol–water partition coefficient (Wildman–Crippen LogP) is 5.55. The van der Waals surface area contributed by atoms with Gasteiger partial charge in [-0.25, -0.2) is 19.4 Å². The van der Waals surface area contributed by atoms with Gasteiger partial charge in [0.25, 0.3) is 0 Å². The van der Waals surface area contributed by atoms with Crippen molar-refractivity contribution in [1.29, 1.82) is 0 Å². The highest BCUT2D eigenvalue weighted by Crippen LogP contribution is 2.34. The molecule has 1 aliphatic carbocycles. The SMILES string of the molecule is CSc1ncc2c(-c3ccccc3)nn(CC3CCC(N(C(=O)O)C(C)(C)C)CC3)c2n1. The van der Waals surface area contributed by atoms with Gasteiger partial charge in [0.05, 0.1) is 5.39 Å². The molecule has 0 atom stereocenters. The summed E-state index contributed by atoms with van der Waals surface area (Å²) >= 11 is 1.53. The molecule has 3 aromatic rings. The molecule has 1 amide bonds. The van der Waals surface area contributed by atoms with E-state index in [2.05, 4.69) is 17.1 Å². The van der Waals surface area contributed by atoms with Crippen LogP contribution in [0.2, 0.25) is 0 Å². The minimum Gasteiger partial charge on any atom is -0.465 e. The Kier molecular flexibility index (Phi) is 6.42. The summed E-state index contributed by atoms with van der Waals surface area (Å²) in [4.78, 5) is 22.7. The van der Waals surface area contributed by atoms with Crippen molar-refractivity contribution in [2.24, 2.45) is 5.92 Å². The van der Waals surface area contributed by atoms with Gasteiger partial charge in [0, 0.05) is 29.9 Å². The summed E-state index contributed by atoms with van der Waals surface area (Å²) in [6, 6.07) is 10.2. The van der Waals surface area contributed by atoms with Crippen LogP contribution in [0.3, 0.4) is 0 Å². The molecule has 2 heterocycles. The second-order valence-corrected chi connectivity index (χ2v) is 10.3. The van der Waals surface area contributed by atoms with Gasteiger partial charge in [-0.05, 0) is 58.6 Å². The van der Waals surface area contributed by atoms with Crippen LogP contribution in [0.1, 0.15) is 46.5 Å². The first-order valence-corrected chi connectivity index (χ1v) is 12.4. The van der Waals surface area contributed by atoms with Crippen molar-refractivity contribution < 1.29 is 9.90 Å². The summed E-state index contributed by atoms with van der Waals surface area (Å²) in [5.74, 6) is 0.446. The predicted molar refractivity (Wildman–Crippen MR) is 128 cm³/mol. The van der Waals surface area contributed by atoms with E-state index < -0.39 is 11.6 Å². The lowest BCUT2D eigenvalue weighted by atomic mass is 9.84. The number of rotatable bonds is 5. The molecule has 4 rings (SSSR count). The van der Waals surface area contributed by atoms with Crippen LogP contribution in [-0.2, 0) is 6.54 Å². The summed E-state index contributed by atoms with van der Waals surface area (Å²) in [5.41, 5.74) is 2.44. The fourth-order valence-electron chi connectivity index (χ4n) is 4.80. The first-order valence-electron chi connectivity index (χ1n) is 11.1. The van der Waals surface area contributed by atoms with E-state index in [-0.39, 0.29) is 6.04 Å². The van der Waals surface area contributed by atoms with Crippen LogP contribution in [-0.4, -0.2) is 53.7 Å². The highest BCUT2D eigenvalue weighted by Gasteiger charge is 2.35. The zero-order valence-corrected chi connectivity index (χ0v) is 20.0. The number of carboxylic acid groups (broad SMARTS) is 1. The fourth-order valence-corrected chi connectivity index (χ4v) is 5.13. The van der Waals surface area contributed by atoms with E-state index in [1.807, 2.05) is 56.1 Å². The molecule has 8 heteroatoms. The number of benzene rings is 1. The van der Waals surface area contributed by atoms with Crippen LogP contribution in [0.15, 0.2) is 41.7 Å². The summed E-state index contributed by atoms with van der Waals surface area (Å²) in [7, 11) is 0. The Morgan fingerprint density at radius 1 is 1.19 bits per heavy atom. The smallest absolute Gasteiger partial charge is 0.407 e. The highest BCUT2D eigenvalue weighted by molar-refractivity contribution is 7.98. The van der Waals surface area contributed by atoms with Crippen molar-refractivity contribution in [2.75, 3.05) is 6.26 Å². The van der Waals surface area contributed by atoms with Crippen molar-refractivity contribution in [3.05, 3.63) is 36.5 Å². The molecule has 0 bridgehead atoms. The van der Waals surface area contributed by atoms with Crippen LogP contribution in [0.4, 0.5) is 4.79 Å². The van der Waals surface area contributed by atoms with E-state index in [9.17, 15) is 9.90 Å². The normalized spacial score (nSPS) is 19.2. The Hall–Kier alpha value is -2.61. The Bertz CT molecular complexity index is 1080. The van der Waals surface area contributed by atoms with Gasteiger partial charge in [-0.1, -0.05) is 42.1 Å². The molecule has 0 spiro atoms. The van der Waals surface area contributed by atoms with Gasteiger partial charge in [-0.15, -0.1) is 0 Å². The van der Waals surface area contributed by atoms with Gasteiger partial charge in [0.2, 0.25) is 0 Å². The minimum absolute atomic E-state index is 0.0726. The quantitative estimate of drug-likeness (QED) is 0.403. The first-order chi connectivity index (χ1) is 15.3. The molecular formula is C24H31N5O2S. The van der Waals surface area contributed by atoms with Gasteiger partial charge >= 0.3 is 6.09 Å². The van der Waals surface area contributed by atoms with Crippen LogP contribution < -0.4 is 0 Å². The second kappa shape index (κ2) is 9.10. The van der Waals surface area contributed by atoms with E-state index in [0.29, 0.717) is 5.92 Å². The third kappa shape index (κ3) is 4.60. The summed E-state index contributed by atoms with van der Waals surface area (Å²) < 4.78 is 2.03. The van der Waals surface area contributed by atoms with Gasteiger partial charge in [-0.3, -0.25) is 0 Å². The minimum atomic E-state index is -0.826.